The monoisotopic (exact) mass is 470 g/mol. The van der Waals surface area contributed by atoms with Crippen LogP contribution in [0.1, 0.15) is 17.9 Å². The summed E-state index contributed by atoms with van der Waals surface area (Å²) in [7, 11) is -3.18. The molecule has 0 unspecified atom stereocenters. The molecular formula is C24H30N4O4S. The van der Waals surface area contributed by atoms with Crippen molar-refractivity contribution in [3.8, 4) is 17.1 Å². The number of sulfone groups is 1. The van der Waals surface area contributed by atoms with E-state index >= 15 is 0 Å². The number of rotatable bonds is 9. The Bertz CT molecular complexity index is 1150. The van der Waals surface area contributed by atoms with Crippen LogP contribution in [0.4, 0.5) is 0 Å². The lowest BCUT2D eigenvalue weighted by atomic mass is 10.1. The van der Waals surface area contributed by atoms with Crippen molar-refractivity contribution in [2.45, 2.75) is 24.8 Å². The Morgan fingerprint density at radius 3 is 2.39 bits per heavy atom. The van der Waals surface area contributed by atoms with Crippen molar-refractivity contribution >= 4 is 9.84 Å². The summed E-state index contributed by atoms with van der Waals surface area (Å²) in [4.78, 5) is 9.65. The van der Waals surface area contributed by atoms with Gasteiger partial charge in [0.15, 0.2) is 9.84 Å². The maximum atomic E-state index is 11.5. The first kappa shape index (κ1) is 23.4. The predicted molar refractivity (Wildman–Crippen MR) is 126 cm³/mol. The molecule has 2 aromatic carbocycles. The average Bonchev–Trinajstić information content (AvgIpc) is 3.26. The summed E-state index contributed by atoms with van der Waals surface area (Å²) in [5, 5.41) is 4.15. The van der Waals surface area contributed by atoms with Gasteiger partial charge in [-0.15, -0.1) is 0 Å². The number of piperazine rings is 1. The molecule has 1 aliphatic rings. The van der Waals surface area contributed by atoms with Crippen molar-refractivity contribution in [2.75, 3.05) is 45.6 Å². The van der Waals surface area contributed by atoms with Gasteiger partial charge in [0.2, 0.25) is 11.7 Å². The van der Waals surface area contributed by atoms with Gasteiger partial charge in [-0.3, -0.25) is 4.90 Å². The van der Waals surface area contributed by atoms with Crippen molar-refractivity contribution in [1.82, 2.24) is 19.9 Å². The molecule has 3 aromatic rings. The molecule has 2 heterocycles. The summed E-state index contributed by atoms with van der Waals surface area (Å²) in [6, 6.07) is 14.6. The topological polar surface area (TPSA) is 88.8 Å². The fourth-order valence-electron chi connectivity index (χ4n) is 3.88. The number of aryl methyl sites for hydroxylation is 1. The van der Waals surface area contributed by atoms with Crippen LogP contribution in [0.5, 0.6) is 5.75 Å². The van der Waals surface area contributed by atoms with Crippen molar-refractivity contribution in [2.24, 2.45) is 0 Å². The second kappa shape index (κ2) is 10.5. The third-order valence-corrected chi connectivity index (χ3v) is 6.95. The van der Waals surface area contributed by atoms with Gasteiger partial charge >= 0.3 is 0 Å². The van der Waals surface area contributed by atoms with Crippen molar-refractivity contribution in [3.63, 3.8) is 0 Å². The maximum Gasteiger partial charge on any atom is 0.241 e. The molecule has 0 saturated carbocycles. The van der Waals surface area contributed by atoms with E-state index < -0.39 is 9.84 Å². The normalized spacial score (nSPS) is 15.6. The Morgan fingerprint density at radius 1 is 1.00 bits per heavy atom. The number of nitrogens with zero attached hydrogens (tertiary/aromatic N) is 4. The summed E-state index contributed by atoms with van der Waals surface area (Å²) in [6.07, 6.45) is 2.12. The molecule has 4 rings (SSSR count). The van der Waals surface area contributed by atoms with Crippen LogP contribution in [-0.2, 0) is 16.4 Å². The van der Waals surface area contributed by atoms with Crippen molar-refractivity contribution in [1.29, 1.82) is 0 Å². The minimum absolute atomic E-state index is 0.305. The Balaban J connectivity index is 1.16. The molecule has 0 aliphatic carbocycles. The lowest BCUT2D eigenvalue weighted by Crippen LogP contribution is -2.46. The third kappa shape index (κ3) is 6.40. The van der Waals surface area contributed by atoms with Crippen LogP contribution < -0.4 is 4.74 Å². The Hall–Kier alpha value is -2.75. The number of ether oxygens (including phenoxy) is 1. The highest BCUT2D eigenvalue weighted by atomic mass is 32.2. The van der Waals surface area contributed by atoms with Crippen LogP contribution in [0.15, 0.2) is 57.9 Å². The predicted octanol–water partition coefficient (Wildman–Crippen LogP) is 3.04. The van der Waals surface area contributed by atoms with Crippen LogP contribution in [0, 0.1) is 6.92 Å². The Labute approximate surface area is 195 Å². The molecule has 1 aromatic heterocycles. The van der Waals surface area contributed by atoms with E-state index in [1.165, 1.54) is 6.26 Å². The molecule has 0 N–H and O–H groups in total. The van der Waals surface area contributed by atoms with Gasteiger partial charge in [0.05, 0.1) is 18.0 Å². The van der Waals surface area contributed by atoms with Gasteiger partial charge in [-0.2, -0.15) is 4.98 Å². The third-order valence-electron chi connectivity index (χ3n) is 5.82. The van der Waals surface area contributed by atoms with Gasteiger partial charge in [0.25, 0.3) is 0 Å². The first-order valence-corrected chi connectivity index (χ1v) is 13.0. The second-order valence-corrected chi connectivity index (χ2v) is 10.4. The van der Waals surface area contributed by atoms with Gasteiger partial charge in [-0.1, -0.05) is 29.4 Å². The van der Waals surface area contributed by atoms with E-state index in [-0.39, 0.29) is 0 Å². The number of hydrogen-bond acceptors (Lipinski definition) is 8. The molecule has 1 aliphatic heterocycles. The summed E-state index contributed by atoms with van der Waals surface area (Å²) in [6.45, 7) is 8.16. The maximum absolute atomic E-state index is 11.5. The largest absolute Gasteiger partial charge is 0.494 e. The van der Waals surface area contributed by atoms with Gasteiger partial charge in [0.1, 0.15) is 5.75 Å². The average molecular weight is 471 g/mol. The molecule has 0 atom stereocenters. The van der Waals surface area contributed by atoms with Gasteiger partial charge < -0.3 is 14.2 Å². The Morgan fingerprint density at radius 2 is 1.70 bits per heavy atom. The summed E-state index contributed by atoms with van der Waals surface area (Å²) in [5.41, 5.74) is 2.14. The molecule has 176 valence electrons. The van der Waals surface area contributed by atoms with Crippen molar-refractivity contribution in [3.05, 3.63) is 60.0 Å². The number of benzene rings is 2. The first-order chi connectivity index (χ1) is 15.9. The zero-order valence-corrected chi connectivity index (χ0v) is 19.9. The van der Waals surface area contributed by atoms with Crippen LogP contribution in [-0.4, -0.2) is 73.9 Å². The number of aromatic nitrogens is 2. The molecule has 33 heavy (non-hydrogen) atoms. The highest BCUT2D eigenvalue weighted by Gasteiger charge is 2.19. The van der Waals surface area contributed by atoms with Crippen molar-refractivity contribution < 1.29 is 17.7 Å². The first-order valence-electron chi connectivity index (χ1n) is 11.1. The molecule has 9 heteroatoms. The fourth-order valence-corrected chi connectivity index (χ4v) is 4.51. The zero-order chi connectivity index (χ0) is 23.3. The minimum Gasteiger partial charge on any atom is -0.494 e. The molecule has 0 spiro atoms. The highest BCUT2D eigenvalue weighted by Crippen LogP contribution is 2.20. The lowest BCUT2D eigenvalue weighted by molar-refractivity contribution is 0.112. The van der Waals surface area contributed by atoms with E-state index in [9.17, 15) is 8.42 Å². The summed E-state index contributed by atoms with van der Waals surface area (Å²) >= 11 is 0. The zero-order valence-electron chi connectivity index (χ0n) is 19.1. The van der Waals surface area contributed by atoms with Gasteiger partial charge in [0, 0.05) is 44.5 Å². The minimum atomic E-state index is -3.18. The van der Waals surface area contributed by atoms with E-state index in [2.05, 4.69) is 19.9 Å². The second-order valence-electron chi connectivity index (χ2n) is 8.39. The highest BCUT2D eigenvalue weighted by molar-refractivity contribution is 7.90. The molecule has 0 bridgehead atoms. The molecule has 0 radical (unpaired) electrons. The smallest absolute Gasteiger partial charge is 0.241 e. The molecular weight excluding hydrogens is 440 g/mol. The summed E-state index contributed by atoms with van der Waals surface area (Å²) in [5.74, 6) is 1.99. The van der Waals surface area contributed by atoms with E-state index in [0.717, 1.165) is 50.3 Å². The van der Waals surface area contributed by atoms with E-state index in [1.807, 2.05) is 31.2 Å². The lowest BCUT2D eigenvalue weighted by Gasteiger charge is -2.33. The quantitative estimate of drug-likeness (QED) is 0.441. The fraction of sp³-hybridized carbons (Fsp3) is 0.417. The van der Waals surface area contributed by atoms with Gasteiger partial charge in [-0.05, 0) is 43.2 Å². The van der Waals surface area contributed by atoms with Crippen LogP contribution >= 0.6 is 0 Å². The molecule has 1 saturated heterocycles. The SMILES string of the molecule is Cc1ccccc1-c1noc(CN2CCN(CCCOc3ccc(S(C)(=O)=O)cc3)CC2)n1. The standard InChI is InChI=1S/C24H30N4O4S/c1-19-6-3-4-7-22(19)24-25-23(32-26-24)18-28-15-13-27(14-16-28)12-5-17-31-20-8-10-21(11-9-20)33(2,29)30/h3-4,6-11H,5,12-18H2,1-2H3. The Kier molecular flexibility index (Phi) is 7.42. The van der Waals surface area contributed by atoms with Crippen LogP contribution in [0.3, 0.4) is 0 Å². The summed E-state index contributed by atoms with van der Waals surface area (Å²) < 4.78 is 34.3. The molecule has 8 nitrogen and oxygen atoms in total. The van der Waals surface area contributed by atoms with E-state index in [0.29, 0.717) is 35.5 Å². The molecule has 1 fully saturated rings. The van der Waals surface area contributed by atoms with Crippen LogP contribution in [0.25, 0.3) is 11.4 Å². The van der Waals surface area contributed by atoms with Gasteiger partial charge in [-0.25, -0.2) is 8.42 Å². The number of hydrogen-bond donors (Lipinski definition) is 0. The molecule has 0 amide bonds. The van der Waals surface area contributed by atoms with Crippen LogP contribution in [0.2, 0.25) is 0 Å². The van der Waals surface area contributed by atoms with E-state index in [4.69, 9.17) is 9.26 Å². The van der Waals surface area contributed by atoms with E-state index in [1.54, 1.807) is 24.3 Å².